The van der Waals surface area contributed by atoms with Crippen molar-refractivity contribution < 1.29 is 14.7 Å². The highest BCUT2D eigenvalue weighted by Gasteiger charge is 2.37. The lowest BCUT2D eigenvalue weighted by Gasteiger charge is -2.32. The Kier molecular flexibility index (Phi) is 3.76. The highest BCUT2D eigenvalue weighted by Crippen LogP contribution is 2.27. The average molecular weight is 353 g/mol. The molecule has 2 aromatic heterocycles. The number of nitrogens with one attached hydrogen (secondary N) is 1. The number of fused-ring (bicyclic) bond motifs is 2. The first-order valence-corrected chi connectivity index (χ1v) is 8.05. The van der Waals surface area contributed by atoms with Crippen LogP contribution in [0, 0.1) is 0 Å². The normalized spacial score (nSPS) is 16.5. The van der Waals surface area contributed by atoms with E-state index in [1.165, 1.54) is 22.1 Å². The number of aliphatic carboxylic acids is 1. The summed E-state index contributed by atoms with van der Waals surface area (Å²) in [5.74, 6) is -1.62. The van der Waals surface area contributed by atoms with Gasteiger partial charge in [-0.25, -0.2) is 14.8 Å². The van der Waals surface area contributed by atoms with Gasteiger partial charge in [-0.1, -0.05) is 12.1 Å². The fourth-order valence-electron chi connectivity index (χ4n) is 3.25. The Balaban J connectivity index is 1.65. The third kappa shape index (κ3) is 2.53. The number of nitrogens with zero attached hydrogens (tertiary/aromatic N) is 4. The van der Waals surface area contributed by atoms with E-state index >= 15 is 0 Å². The van der Waals surface area contributed by atoms with Crippen molar-refractivity contribution in [2.45, 2.75) is 19.0 Å². The van der Waals surface area contributed by atoms with Gasteiger partial charge in [0.15, 0.2) is 6.04 Å². The molecule has 0 fully saturated rings. The van der Waals surface area contributed by atoms with Crippen LogP contribution < -0.4 is 5.56 Å². The molecular weight excluding hydrogens is 338 g/mol. The molecule has 0 radical (unpaired) electrons. The van der Waals surface area contributed by atoms with Crippen LogP contribution in [0.1, 0.15) is 17.4 Å². The lowest BCUT2D eigenvalue weighted by Crippen LogP contribution is -2.45. The molecule has 1 aromatic carbocycles. The number of benzene rings is 1. The van der Waals surface area contributed by atoms with Gasteiger partial charge >= 0.3 is 5.97 Å². The third-order valence-electron chi connectivity index (χ3n) is 4.52. The van der Waals surface area contributed by atoms with Crippen LogP contribution in [0.2, 0.25) is 0 Å². The number of amides is 1. The molecule has 9 nitrogen and oxygen atoms in total. The molecule has 1 aliphatic heterocycles. The zero-order valence-electron chi connectivity index (χ0n) is 13.6. The number of aromatic amines is 1. The van der Waals surface area contributed by atoms with Crippen molar-refractivity contribution in [2.75, 3.05) is 6.54 Å². The maximum atomic E-state index is 12.7. The fraction of sp³-hybridized carbons (Fsp3) is 0.235. The van der Waals surface area contributed by atoms with E-state index in [-0.39, 0.29) is 18.6 Å². The predicted molar refractivity (Wildman–Crippen MR) is 90.4 cm³/mol. The van der Waals surface area contributed by atoms with Crippen LogP contribution in [0.4, 0.5) is 0 Å². The number of rotatable bonds is 3. The lowest BCUT2D eigenvalue weighted by atomic mass is 10.0. The summed E-state index contributed by atoms with van der Waals surface area (Å²) in [4.78, 5) is 49.3. The van der Waals surface area contributed by atoms with Crippen molar-refractivity contribution in [3.05, 3.63) is 58.7 Å². The molecule has 0 spiro atoms. The van der Waals surface area contributed by atoms with Crippen molar-refractivity contribution >= 4 is 22.8 Å². The van der Waals surface area contributed by atoms with Crippen LogP contribution >= 0.6 is 0 Å². The molecule has 0 bridgehead atoms. The summed E-state index contributed by atoms with van der Waals surface area (Å²) >= 11 is 0. The molecule has 3 heterocycles. The molecule has 4 rings (SSSR count). The number of carbonyl (C=O) groups is 2. The second-order valence-corrected chi connectivity index (χ2v) is 6.04. The summed E-state index contributed by atoms with van der Waals surface area (Å²) in [5, 5.41) is 9.96. The van der Waals surface area contributed by atoms with E-state index in [2.05, 4.69) is 15.0 Å². The monoisotopic (exact) mass is 353 g/mol. The van der Waals surface area contributed by atoms with Crippen molar-refractivity contribution in [2.24, 2.45) is 0 Å². The van der Waals surface area contributed by atoms with Gasteiger partial charge in [0.1, 0.15) is 6.54 Å². The number of hydrogen-bond donors (Lipinski definition) is 2. The zero-order valence-corrected chi connectivity index (χ0v) is 13.6. The maximum Gasteiger partial charge on any atom is 0.332 e. The summed E-state index contributed by atoms with van der Waals surface area (Å²) in [6, 6.07) is 5.69. The number of imidazole rings is 1. The molecule has 9 heteroatoms. The summed E-state index contributed by atoms with van der Waals surface area (Å²) in [7, 11) is 0. The highest BCUT2D eigenvalue weighted by molar-refractivity contribution is 5.85. The Hall–Kier alpha value is -3.49. The SMILES string of the molecule is O=C(O)C1c2nc[nH]c2CCN1C(=O)Cn1cnc2ccccc2c1=O. The largest absolute Gasteiger partial charge is 0.479 e. The molecule has 0 saturated heterocycles. The van der Waals surface area contributed by atoms with Crippen molar-refractivity contribution in [1.82, 2.24) is 24.4 Å². The summed E-state index contributed by atoms with van der Waals surface area (Å²) < 4.78 is 1.20. The van der Waals surface area contributed by atoms with E-state index in [0.717, 1.165) is 0 Å². The lowest BCUT2D eigenvalue weighted by molar-refractivity contribution is -0.151. The first-order valence-electron chi connectivity index (χ1n) is 8.05. The quantitative estimate of drug-likeness (QED) is 0.700. The minimum absolute atomic E-state index is 0.237. The molecule has 3 aromatic rings. The summed E-state index contributed by atoms with van der Waals surface area (Å²) in [6.45, 7) is -0.0407. The molecule has 1 unspecified atom stereocenters. The van der Waals surface area contributed by atoms with E-state index in [1.807, 2.05) is 0 Å². The minimum Gasteiger partial charge on any atom is -0.479 e. The van der Waals surface area contributed by atoms with Crippen LogP contribution in [0.25, 0.3) is 10.9 Å². The molecule has 0 aliphatic carbocycles. The first kappa shape index (κ1) is 16.0. The van der Waals surface area contributed by atoms with Gasteiger partial charge in [0, 0.05) is 18.7 Å². The van der Waals surface area contributed by atoms with Gasteiger partial charge < -0.3 is 15.0 Å². The second-order valence-electron chi connectivity index (χ2n) is 6.04. The number of para-hydroxylation sites is 1. The Morgan fingerprint density at radius 3 is 2.88 bits per heavy atom. The minimum atomic E-state index is -1.17. The van der Waals surface area contributed by atoms with Crippen LogP contribution in [0.3, 0.4) is 0 Å². The van der Waals surface area contributed by atoms with Crippen LogP contribution in [0.15, 0.2) is 41.7 Å². The number of carboxylic acids is 1. The Labute approximate surface area is 146 Å². The Morgan fingerprint density at radius 2 is 2.08 bits per heavy atom. The van der Waals surface area contributed by atoms with Crippen molar-refractivity contribution in [3.63, 3.8) is 0 Å². The summed E-state index contributed by atoms with van der Waals surface area (Å²) in [6.07, 6.45) is 3.21. The molecule has 2 N–H and O–H groups in total. The van der Waals surface area contributed by atoms with E-state index in [4.69, 9.17) is 0 Å². The molecule has 0 saturated carbocycles. The van der Waals surface area contributed by atoms with Gasteiger partial charge in [0.05, 0.1) is 29.3 Å². The maximum absolute atomic E-state index is 12.7. The number of H-pyrrole nitrogens is 1. The fourth-order valence-corrected chi connectivity index (χ4v) is 3.25. The Bertz CT molecular complexity index is 1070. The first-order chi connectivity index (χ1) is 12.6. The van der Waals surface area contributed by atoms with E-state index in [1.54, 1.807) is 24.3 Å². The average Bonchev–Trinajstić information content (AvgIpc) is 3.11. The van der Waals surface area contributed by atoms with Gasteiger partial charge in [-0.3, -0.25) is 14.2 Å². The number of carboxylic acid groups (broad SMARTS) is 1. The van der Waals surface area contributed by atoms with Gasteiger partial charge in [-0.15, -0.1) is 0 Å². The van der Waals surface area contributed by atoms with Crippen LogP contribution in [0.5, 0.6) is 0 Å². The van der Waals surface area contributed by atoms with Gasteiger partial charge in [-0.05, 0) is 12.1 Å². The smallest absolute Gasteiger partial charge is 0.332 e. The predicted octanol–water partition coefficient (Wildman–Crippen LogP) is 0.330. The van der Waals surface area contributed by atoms with Crippen LogP contribution in [-0.4, -0.2) is 47.9 Å². The van der Waals surface area contributed by atoms with Gasteiger partial charge in [-0.2, -0.15) is 0 Å². The van der Waals surface area contributed by atoms with E-state index < -0.39 is 17.9 Å². The molecule has 1 aliphatic rings. The number of aromatic nitrogens is 4. The summed E-state index contributed by atoms with van der Waals surface area (Å²) in [5.41, 5.74) is 1.25. The van der Waals surface area contributed by atoms with Gasteiger partial charge in [0.25, 0.3) is 5.56 Å². The van der Waals surface area contributed by atoms with Gasteiger partial charge in [0.2, 0.25) is 5.91 Å². The van der Waals surface area contributed by atoms with Crippen molar-refractivity contribution in [1.29, 1.82) is 0 Å². The number of hydrogen-bond acceptors (Lipinski definition) is 5. The van der Waals surface area contributed by atoms with Crippen molar-refractivity contribution in [3.8, 4) is 0 Å². The molecular formula is C17H15N5O4. The molecule has 1 atom stereocenters. The topological polar surface area (TPSA) is 121 Å². The molecule has 1 amide bonds. The number of carbonyl (C=O) groups excluding carboxylic acids is 1. The Morgan fingerprint density at radius 1 is 1.27 bits per heavy atom. The van der Waals surface area contributed by atoms with E-state index in [0.29, 0.717) is 28.7 Å². The zero-order chi connectivity index (χ0) is 18.3. The molecule has 132 valence electrons. The standard InChI is InChI=1S/C17H15N5O4/c23-13(7-21-9-20-11-4-2-1-3-10(11)16(21)24)22-6-5-12-14(19-8-18-12)15(22)17(25)26/h1-4,8-9,15H,5-7H2,(H,18,19)(H,25,26). The third-order valence-corrected chi connectivity index (χ3v) is 4.52. The van der Waals surface area contributed by atoms with Crippen LogP contribution in [-0.2, 0) is 22.6 Å². The second kappa shape index (κ2) is 6.10. The highest BCUT2D eigenvalue weighted by atomic mass is 16.4. The molecule has 26 heavy (non-hydrogen) atoms. The van der Waals surface area contributed by atoms with E-state index in [9.17, 15) is 19.5 Å².